The zero-order valence-electron chi connectivity index (χ0n) is 6.22. The van der Waals surface area contributed by atoms with Gasteiger partial charge in [-0.15, -0.1) is 11.6 Å². The van der Waals surface area contributed by atoms with Gasteiger partial charge in [-0.05, 0) is 28.1 Å². The number of halogens is 3. The van der Waals surface area contributed by atoms with Gasteiger partial charge >= 0.3 is 0 Å². The maximum atomic E-state index is 9.61. The molecule has 12 heavy (non-hydrogen) atoms. The second kappa shape index (κ2) is 3.58. The van der Waals surface area contributed by atoms with E-state index in [1.165, 1.54) is 13.2 Å². The van der Waals surface area contributed by atoms with Gasteiger partial charge in [0, 0.05) is 0 Å². The Morgan fingerprint density at radius 3 is 2.75 bits per heavy atom. The molecule has 0 aromatic carbocycles. The van der Waals surface area contributed by atoms with Crippen LogP contribution < -0.4 is 0 Å². The Labute approximate surface area is 88.9 Å². The summed E-state index contributed by atoms with van der Waals surface area (Å²) in [4.78, 5) is 0. The lowest BCUT2D eigenvalue weighted by atomic mass is 10.1. The third-order valence-corrected chi connectivity index (χ3v) is 3.77. The van der Waals surface area contributed by atoms with Crippen LogP contribution in [0.25, 0.3) is 0 Å². The largest absolute Gasteiger partial charge is 0.497 e. The third-order valence-electron chi connectivity index (χ3n) is 1.52. The molecule has 0 saturated heterocycles. The highest BCUT2D eigenvalue weighted by Crippen LogP contribution is 2.39. The minimum atomic E-state index is -1.38. The van der Waals surface area contributed by atoms with Gasteiger partial charge in [0.15, 0.2) is 4.51 Å². The molecule has 0 aromatic heterocycles. The molecule has 1 N–H and O–H groups in total. The molecule has 2 unspecified atom stereocenters. The molecule has 1 aliphatic rings. The molecule has 5 heteroatoms. The number of alkyl halides is 2. The van der Waals surface area contributed by atoms with Crippen LogP contribution in [-0.2, 0) is 4.74 Å². The Hall–Kier alpha value is 0.300. The Morgan fingerprint density at radius 1 is 1.75 bits per heavy atom. The minimum Gasteiger partial charge on any atom is -0.497 e. The SMILES string of the molecule is COC1=CC(Cl)C(O)(Br)C(Cl)=C1. The predicted molar refractivity (Wildman–Crippen MR) is 52.5 cm³/mol. The van der Waals surface area contributed by atoms with E-state index in [0.717, 1.165) is 0 Å². The monoisotopic (exact) mass is 272 g/mol. The highest BCUT2D eigenvalue weighted by Gasteiger charge is 2.38. The second-order valence-electron chi connectivity index (χ2n) is 2.34. The Kier molecular flexibility index (Phi) is 3.10. The molecule has 0 bridgehead atoms. The van der Waals surface area contributed by atoms with Crippen LogP contribution in [0.3, 0.4) is 0 Å². The first kappa shape index (κ1) is 10.4. The summed E-state index contributed by atoms with van der Waals surface area (Å²) in [6.45, 7) is 0. The number of allylic oxidation sites excluding steroid dienone is 1. The quantitative estimate of drug-likeness (QED) is 0.744. The number of methoxy groups -OCH3 is 1. The fraction of sp³-hybridized carbons (Fsp3) is 0.429. The molecule has 0 aromatic rings. The molecule has 68 valence electrons. The first-order valence-corrected chi connectivity index (χ1v) is 4.78. The number of aliphatic hydroxyl groups is 1. The summed E-state index contributed by atoms with van der Waals surface area (Å²) in [5.74, 6) is 0.545. The molecule has 0 heterocycles. The molecule has 0 saturated carbocycles. The molecule has 0 spiro atoms. The summed E-state index contributed by atoms with van der Waals surface area (Å²) in [5.41, 5.74) is 0. The Bertz CT molecular complexity index is 248. The number of rotatable bonds is 1. The van der Waals surface area contributed by atoms with Crippen LogP contribution in [0.15, 0.2) is 22.9 Å². The van der Waals surface area contributed by atoms with E-state index >= 15 is 0 Å². The van der Waals surface area contributed by atoms with Gasteiger partial charge in [-0.25, -0.2) is 0 Å². The van der Waals surface area contributed by atoms with Crippen molar-refractivity contribution in [3.05, 3.63) is 22.9 Å². The first-order valence-electron chi connectivity index (χ1n) is 3.17. The zero-order chi connectivity index (χ0) is 9.35. The van der Waals surface area contributed by atoms with Crippen molar-refractivity contribution < 1.29 is 9.84 Å². The average molecular weight is 274 g/mol. The molecular weight excluding hydrogens is 267 g/mol. The molecule has 1 rings (SSSR count). The first-order chi connectivity index (χ1) is 5.48. The second-order valence-corrected chi connectivity index (χ2v) is 4.43. The zero-order valence-corrected chi connectivity index (χ0v) is 9.32. The predicted octanol–water partition coefficient (Wildman–Crippen LogP) is 2.34. The van der Waals surface area contributed by atoms with Gasteiger partial charge in [0.25, 0.3) is 0 Å². The summed E-state index contributed by atoms with van der Waals surface area (Å²) >= 11 is 14.5. The molecule has 2 atom stereocenters. The van der Waals surface area contributed by atoms with Crippen molar-refractivity contribution >= 4 is 39.1 Å². The highest BCUT2D eigenvalue weighted by atomic mass is 79.9. The smallest absolute Gasteiger partial charge is 0.175 e. The summed E-state index contributed by atoms with van der Waals surface area (Å²) in [5, 5.41) is 9.18. The van der Waals surface area contributed by atoms with Crippen molar-refractivity contribution in [2.45, 2.75) is 9.89 Å². The van der Waals surface area contributed by atoms with E-state index in [4.69, 9.17) is 27.9 Å². The lowest BCUT2D eigenvalue weighted by Gasteiger charge is -2.27. The van der Waals surface area contributed by atoms with Gasteiger partial charge in [0.1, 0.15) is 5.76 Å². The van der Waals surface area contributed by atoms with Gasteiger partial charge in [-0.3, -0.25) is 0 Å². The molecule has 1 aliphatic carbocycles. The highest BCUT2D eigenvalue weighted by molar-refractivity contribution is 9.10. The van der Waals surface area contributed by atoms with Gasteiger partial charge in [0.2, 0.25) is 0 Å². The van der Waals surface area contributed by atoms with E-state index in [9.17, 15) is 5.11 Å². The van der Waals surface area contributed by atoms with E-state index in [-0.39, 0.29) is 5.03 Å². The number of hydrogen-bond donors (Lipinski definition) is 1. The number of hydrogen-bond acceptors (Lipinski definition) is 2. The molecule has 0 amide bonds. The van der Waals surface area contributed by atoms with E-state index in [0.29, 0.717) is 5.76 Å². The van der Waals surface area contributed by atoms with Crippen molar-refractivity contribution in [3.8, 4) is 0 Å². The fourth-order valence-electron chi connectivity index (χ4n) is 0.788. The normalized spacial score (nSPS) is 35.6. The summed E-state index contributed by atoms with van der Waals surface area (Å²) in [7, 11) is 1.51. The van der Waals surface area contributed by atoms with Crippen LogP contribution in [-0.4, -0.2) is 22.1 Å². The average Bonchev–Trinajstić information content (AvgIpc) is 2.00. The van der Waals surface area contributed by atoms with Gasteiger partial charge in [-0.2, -0.15) is 0 Å². The topological polar surface area (TPSA) is 29.5 Å². The van der Waals surface area contributed by atoms with Crippen molar-refractivity contribution in [1.29, 1.82) is 0 Å². The fourth-order valence-corrected chi connectivity index (χ4v) is 1.56. The van der Waals surface area contributed by atoms with Crippen LogP contribution in [0.4, 0.5) is 0 Å². The molecule has 2 nitrogen and oxygen atoms in total. The molecular formula is C7H7BrCl2O2. The van der Waals surface area contributed by atoms with Crippen molar-refractivity contribution in [1.82, 2.24) is 0 Å². The van der Waals surface area contributed by atoms with E-state index in [1.807, 2.05) is 0 Å². The molecule has 0 radical (unpaired) electrons. The maximum Gasteiger partial charge on any atom is 0.175 e. The van der Waals surface area contributed by atoms with Crippen LogP contribution >= 0.6 is 39.1 Å². The van der Waals surface area contributed by atoms with Crippen molar-refractivity contribution in [2.24, 2.45) is 0 Å². The van der Waals surface area contributed by atoms with Gasteiger partial charge < -0.3 is 9.84 Å². The standard InChI is InChI=1S/C7H7BrCl2O2/c1-12-4-2-5(9)7(8,11)6(10)3-4/h2-3,5,11H,1H3. The van der Waals surface area contributed by atoms with E-state index in [1.54, 1.807) is 6.08 Å². The van der Waals surface area contributed by atoms with E-state index in [2.05, 4.69) is 15.9 Å². The van der Waals surface area contributed by atoms with Gasteiger partial charge in [-0.1, -0.05) is 11.6 Å². The van der Waals surface area contributed by atoms with Crippen LogP contribution in [0.5, 0.6) is 0 Å². The third kappa shape index (κ3) is 1.79. The maximum absolute atomic E-state index is 9.61. The summed E-state index contributed by atoms with van der Waals surface area (Å²) in [6, 6.07) is 0. The van der Waals surface area contributed by atoms with Crippen molar-refractivity contribution in [2.75, 3.05) is 7.11 Å². The molecule has 0 fully saturated rings. The summed E-state index contributed by atoms with van der Waals surface area (Å²) < 4.78 is 3.53. The lowest BCUT2D eigenvalue weighted by Crippen LogP contribution is -2.33. The number of ether oxygens (including phenoxy) is 1. The van der Waals surface area contributed by atoms with Gasteiger partial charge in [0.05, 0.1) is 17.5 Å². The minimum absolute atomic E-state index is 0.210. The van der Waals surface area contributed by atoms with E-state index < -0.39 is 9.89 Å². The van der Waals surface area contributed by atoms with Crippen molar-refractivity contribution in [3.63, 3.8) is 0 Å². The lowest BCUT2D eigenvalue weighted by molar-refractivity contribution is 0.189. The van der Waals surface area contributed by atoms with Crippen LogP contribution in [0, 0.1) is 0 Å². The van der Waals surface area contributed by atoms with Crippen LogP contribution in [0.2, 0.25) is 0 Å². The Morgan fingerprint density at radius 2 is 2.33 bits per heavy atom. The van der Waals surface area contributed by atoms with Crippen LogP contribution in [0.1, 0.15) is 0 Å². The summed E-state index contributed by atoms with van der Waals surface area (Å²) in [6.07, 6.45) is 3.08. The Balaban J connectivity index is 2.97. The molecule has 0 aliphatic heterocycles.